The Balaban J connectivity index is 1.90. The second-order valence-corrected chi connectivity index (χ2v) is 4.73. The highest BCUT2D eigenvalue weighted by molar-refractivity contribution is 5.33. The molecule has 96 valence electrons. The molecule has 0 aromatic heterocycles. The Hall–Kier alpha value is -1.50. The molecule has 0 spiro atoms. The maximum atomic E-state index is 5.54. The molecule has 1 heterocycles. The van der Waals surface area contributed by atoms with Crippen LogP contribution in [0.3, 0.4) is 0 Å². The van der Waals surface area contributed by atoms with Crippen molar-refractivity contribution in [3.05, 3.63) is 29.8 Å². The van der Waals surface area contributed by atoms with E-state index in [0.717, 1.165) is 18.8 Å². The fraction of sp³-hybridized carbons (Fsp3) is 0.467. The van der Waals surface area contributed by atoms with Crippen LogP contribution in [0.5, 0.6) is 5.75 Å². The van der Waals surface area contributed by atoms with Gasteiger partial charge in [0.25, 0.3) is 0 Å². The lowest BCUT2D eigenvalue weighted by Crippen LogP contribution is -2.31. The highest BCUT2D eigenvalue weighted by Crippen LogP contribution is 2.18. The van der Waals surface area contributed by atoms with Gasteiger partial charge in [0.2, 0.25) is 0 Å². The summed E-state index contributed by atoms with van der Waals surface area (Å²) in [6.45, 7) is 3.45. The number of likely N-dealkylation sites (N-methyl/N-ethyl adjacent to an activating group) is 1. The predicted molar refractivity (Wildman–Crippen MR) is 73.5 cm³/mol. The van der Waals surface area contributed by atoms with Crippen LogP contribution in [0.1, 0.15) is 12.0 Å². The number of para-hydroxylation sites is 1. The van der Waals surface area contributed by atoms with Crippen LogP contribution >= 0.6 is 0 Å². The molecule has 18 heavy (non-hydrogen) atoms. The zero-order valence-corrected chi connectivity index (χ0v) is 10.9. The maximum Gasteiger partial charge on any atom is 0.148 e. The quantitative estimate of drug-likeness (QED) is 0.794. The molecule has 1 fully saturated rings. The average molecular weight is 244 g/mol. The first-order valence-corrected chi connectivity index (χ1v) is 6.35. The van der Waals surface area contributed by atoms with Gasteiger partial charge in [-0.2, -0.15) is 0 Å². The van der Waals surface area contributed by atoms with Gasteiger partial charge < -0.3 is 15.0 Å². The molecular formula is C15H20N2O. The molecule has 3 heteroatoms. The maximum absolute atomic E-state index is 5.54. The summed E-state index contributed by atoms with van der Waals surface area (Å²) >= 11 is 0. The summed E-state index contributed by atoms with van der Waals surface area (Å²) in [7, 11) is 2.16. The summed E-state index contributed by atoms with van der Waals surface area (Å²) in [5.74, 6) is 3.38. The van der Waals surface area contributed by atoms with E-state index < -0.39 is 0 Å². The van der Waals surface area contributed by atoms with Crippen molar-refractivity contribution in [1.29, 1.82) is 0 Å². The number of hydrogen-bond donors (Lipinski definition) is 1. The van der Waals surface area contributed by atoms with Crippen molar-refractivity contribution in [1.82, 2.24) is 10.2 Å². The van der Waals surface area contributed by atoms with Crippen LogP contribution in [0.2, 0.25) is 0 Å². The standard InChI is InChI=1S/C15H20N2O/c1-3-10-18-15-7-5-4-6-13(15)11-16-14-8-9-17(2)12-14/h1,4-7,14,16H,8-12H2,2H3. The number of ether oxygens (including phenoxy) is 1. The molecule has 0 amide bonds. The van der Waals surface area contributed by atoms with Gasteiger partial charge in [0.05, 0.1) is 0 Å². The first-order valence-electron chi connectivity index (χ1n) is 6.35. The minimum absolute atomic E-state index is 0.323. The molecule has 0 saturated carbocycles. The molecule has 0 radical (unpaired) electrons. The second kappa shape index (κ2) is 6.44. The van der Waals surface area contributed by atoms with Crippen LogP contribution in [0.4, 0.5) is 0 Å². The molecule has 1 saturated heterocycles. The average Bonchev–Trinajstić information content (AvgIpc) is 2.81. The van der Waals surface area contributed by atoms with Crippen molar-refractivity contribution in [2.24, 2.45) is 0 Å². The van der Waals surface area contributed by atoms with Crippen molar-refractivity contribution in [3.8, 4) is 18.1 Å². The Morgan fingerprint density at radius 1 is 1.50 bits per heavy atom. The Kier molecular flexibility index (Phi) is 4.63. The van der Waals surface area contributed by atoms with Crippen molar-refractivity contribution < 1.29 is 4.74 Å². The van der Waals surface area contributed by atoms with Gasteiger partial charge in [0, 0.05) is 24.7 Å². The van der Waals surface area contributed by atoms with Crippen LogP contribution in [0.15, 0.2) is 24.3 Å². The van der Waals surface area contributed by atoms with Crippen LogP contribution in [0, 0.1) is 12.3 Å². The van der Waals surface area contributed by atoms with E-state index in [1.807, 2.05) is 18.2 Å². The van der Waals surface area contributed by atoms with Gasteiger partial charge in [-0.15, -0.1) is 6.42 Å². The highest BCUT2D eigenvalue weighted by atomic mass is 16.5. The smallest absolute Gasteiger partial charge is 0.148 e. The number of rotatable bonds is 5. The number of nitrogens with zero attached hydrogens (tertiary/aromatic N) is 1. The van der Waals surface area contributed by atoms with Crippen LogP contribution < -0.4 is 10.1 Å². The molecule has 1 N–H and O–H groups in total. The summed E-state index contributed by atoms with van der Waals surface area (Å²) in [6, 6.07) is 8.63. The third kappa shape index (κ3) is 3.49. The molecule has 0 bridgehead atoms. The van der Waals surface area contributed by atoms with Gasteiger partial charge in [-0.3, -0.25) is 0 Å². The third-order valence-electron chi connectivity index (χ3n) is 3.26. The SMILES string of the molecule is C#CCOc1ccccc1CNC1CCN(C)C1. The van der Waals surface area contributed by atoms with Gasteiger partial charge >= 0.3 is 0 Å². The van der Waals surface area contributed by atoms with Crippen molar-refractivity contribution in [2.45, 2.75) is 19.0 Å². The number of terminal acetylenes is 1. The molecule has 0 aliphatic carbocycles. The number of likely N-dealkylation sites (tertiary alicyclic amines) is 1. The van der Waals surface area contributed by atoms with Gasteiger partial charge in [-0.05, 0) is 26.1 Å². The van der Waals surface area contributed by atoms with Crippen molar-refractivity contribution in [2.75, 3.05) is 26.7 Å². The molecule has 1 unspecified atom stereocenters. The lowest BCUT2D eigenvalue weighted by atomic mass is 10.2. The Morgan fingerprint density at radius 2 is 2.33 bits per heavy atom. The number of nitrogens with one attached hydrogen (secondary N) is 1. The van der Waals surface area contributed by atoms with Crippen LogP contribution in [-0.4, -0.2) is 37.7 Å². The Bertz CT molecular complexity index is 425. The molecule has 1 atom stereocenters. The van der Waals surface area contributed by atoms with E-state index in [2.05, 4.69) is 29.3 Å². The summed E-state index contributed by atoms with van der Waals surface area (Å²) in [6.07, 6.45) is 6.43. The van der Waals surface area contributed by atoms with Crippen molar-refractivity contribution >= 4 is 0 Å². The van der Waals surface area contributed by atoms with E-state index in [1.165, 1.54) is 18.5 Å². The van der Waals surface area contributed by atoms with E-state index in [4.69, 9.17) is 11.2 Å². The molecule has 2 rings (SSSR count). The first-order chi connectivity index (χ1) is 8.79. The Labute approximate surface area is 109 Å². The lowest BCUT2D eigenvalue weighted by molar-refractivity contribution is 0.362. The molecule has 1 aromatic carbocycles. The van der Waals surface area contributed by atoms with E-state index >= 15 is 0 Å². The molecule has 1 aliphatic rings. The first kappa shape index (κ1) is 12.9. The largest absolute Gasteiger partial charge is 0.481 e. The minimum Gasteiger partial charge on any atom is -0.481 e. The third-order valence-corrected chi connectivity index (χ3v) is 3.26. The summed E-state index contributed by atoms with van der Waals surface area (Å²) in [5.41, 5.74) is 1.17. The molecule has 1 aromatic rings. The van der Waals surface area contributed by atoms with Crippen molar-refractivity contribution in [3.63, 3.8) is 0 Å². The molecule has 3 nitrogen and oxygen atoms in total. The second-order valence-electron chi connectivity index (χ2n) is 4.73. The monoisotopic (exact) mass is 244 g/mol. The van der Waals surface area contributed by atoms with E-state index in [1.54, 1.807) is 0 Å². The lowest BCUT2D eigenvalue weighted by Gasteiger charge is -2.15. The zero-order chi connectivity index (χ0) is 12.8. The van der Waals surface area contributed by atoms with E-state index in [9.17, 15) is 0 Å². The molecule has 1 aliphatic heterocycles. The highest BCUT2D eigenvalue weighted by Gasteiger charge is 2.18. The number of benzene rings is 1. The minimum atomic E-state index is 0.323. The summed E-state index contributed by atoms with van der Waals surface area (Å²) in [5, 5.41) is 3.57. The van der Waals surface area contributed by atoms with Gasteiger partial charge in [-0.1, -0.05) is 24.1 Å². The van der Waals surface area contributed by atoms with Crippen LogP contribution in [-0.2, 0) is 6.54 Å². The van der Waals surface area contributed by atoms with E-state index in [0.29, 0.717) is 12.6 Å². The van der Waals surface area contributed by atoms with Crippen LogP contribution in [0.25, 0.3) is 0 Å². The van der Waals surface area contributed by atoms with Gasteiger partial charge in [-0.25, -0.2) is 0 Å². The number of hydrogen-bond acceptors (Lipinski definition) is 3. The van der Waals surface area contributed by atoms with Gasteiger partial charge in [0.1, 0.15) is 12.4 Å². The topological polar surface area (TPSA) is 24.5 Å². The zero-order valence-electron chi connectivity index (χ0n) is 10.9. The fourth-order valence-corrected chi connectivity index (χ4v) is 2.27. The van der Waals surface area contributed by atoms with E-state index in [-0.39, 0.29) is 0 Å². The molecular weight excluding hydrogens is 224 g/mol. The normalized spacial score (nSPS) is 19.7. The van der Waals surface area contributed by atoms with Gasteiger partial charge in [0.15, 0.2) is 0 Å². The summed E-state index contributed by atoms with van der Waals surface area (Å²) in [4.78, 5) is 2.35. The Morgan fingerprint density at radius 3 is 3.06 bits per heavy atom. The summed E-state index contributed by atoms with van der Waals surface area (Å²) < 4.78 is 5.54. The predicted octanol–water partition coefficient (Wildman–Crippen LogP) is 1.49. The fourth-order valence-electron chi connectivity index (χ4n) is 2.27.